The van der Waals surface area contributed by atoms with E-state index in [0.717, 1.165) is 12.5 Å². The molecule has 1 aliphatic heterocycles. The van der Waals surface area contributed by atoms with Crippen molar-refractivity contribution in [2.45, 2.75) is 38.5 Å². The molecular formula is C14H15FN2O2. The molecule has 0 bridgehead atoms. The lowest BCUT2D eigenvalue weighted by atomic mass is 10.1. The Morgan fingerprint density at radius 1 is 1.58 bits per heavy atom. The first kappa shape index (κ1) is 13.5. The second kappa shape index (κ2) is 5.81. The van der Waals surface area contributed by atoms with Gasteiger partial charge in [0.1, 0.15) is 11.9 Å². The fourth-order valence-electron chi connectivity index (χ4n) is 2.05. The molecule has 1 amide bonds. The average Bonchev–Trinajstić information content (AvgIpc) is 2.83. The van der Waals surface area contributed by atoms with E-state index in [1.54, 1.807) is 0 Å². The van der Waals surface area contributed by atoms with E-state index in [0.29, 0.717) is 12.0 Å². The molecule has 1 heterocycles. The van der Waals surface area contributed by atoms with Crippen molar-refractivity contribution in [3.8, 4) is 6.07 Å². The summed E-state index contributed by atoms with van der Waals surface area (Å²) < 4.78 is 19.0. The minimum atomic E-state index is -0.486. The van der Waals surface area contributed by atoms with Crippen LogP contribution < -0.4 is 5.32 Å². The summed E-state index contributed by atoms with van der Waals surface area (Å²) in [6.45, 7) is 2.03. The minimum absolute atomic E-state index is 0.0994. The van der Waals surface area contributed by atoms with Gasteiger partial charge in [0.05, 0.1) is 17.7 Å². The monoisotopic (exact) mass is 262 g/mol. The molecule has 0 aromatic heterocycles. The third kappa shape index (κ3) is 3.30. The Labute approximate surface area is 111 Å². The number of carbonyl (C=O) groups excluding carboxylic acids is 1. The topological polar surface area (TPSA) is 62.1 Å². The van der Waals surface area contributed by atoms with E-state index < -0.39 is 11.9 Å². The highest BCUT2D eigenvalue weighted by Crippen LogP contribution is 2.19. The maximum absolute atomic E-state index is 13.6. The molecular weight excluding hydrogens is 247 g/mol. The zero-order valence-corrected chi connectivity index (χ0v) is 10.6. The van der Waals surface area contributed by atoms with E-state index in [1.165, 1.54) is 12.1 Å². The first-order valence-electron chi connectivity index (χ1n) is 6.22. The minimum Gasteiger partial charge on any atom is -0.365 e. The maximum atomic E-state index is 13.6. The summed E-state index contributed by atoms with van der Waals surface area (Å²) in [7, 11) is 0. The summed E-state index contributed by atoms with van der Waals surface area (Å²) in [5.74, 6) is -0.701. The van der Waals surface area contributed by atoms with E-state index in [4.69, 9.17) is 10.00 Å². The van der Waals surface area contributed by atoms with Gasteiger partial charge in [0.25, 0.3) is 0 Å². The fourth-order valence-corrected chi connectivity index (χ4v) is 2.05. The van der Waals surface area contributed by atoms with Crippen LogP contribution in [0.2, 0.25) is 0 Å². The number of amides is 1. The molecule has 1 saturated heterocycles. The van der Waals surface area contributed by atoms with Crippen molar-refractivity contribution in [1.82, 2.24) is 5.32 Å². The quantitative estimate of drug-likeness (QED) is 0.904. The van der Waals surface area contributed by atoms with E-state index in [2.05, 4.69) is 5.32 Å². The third-order valence-corrected chi connectivity index (χ3v) is 3.16. The van der Waals surface area contributed by atoms with E-state index in [9.17, 15) is 9.18 Å². The van der Waals surface area contributed by atoms with Gasteiger partial charge in [0.2, 0.25) is 5.91 Å². The van der Waals surface area contributed by atoms with Crippen molar-refractivity contribution in [3.05, 3.63) is 35.1 Å². The van der Waals surface area contributed by atoms with Crippen LogP contribution >= 0.6 is 0 Å². The molecule has 100 valence electrons. The highest BCUT2D eigenvalue weighted by atomic mass is 19.1. The lowest BCUT2D eigenvalue weighted by molar-refractivity contribution is -0.131. The third-order valence-electron chi connectivity index (χ3n) is 3.16. The largest absolute Gasteiger partial charge is 0.365 e. The number of ether oxygens (including phenoxy) is 1. The zero-order valence-electron chi connectivity index (χ0n) is 10.6. The first-order chi connectivity index (χ1) is 9.10. The zero-order chi connectivity index (χ0) is 13.8. The molecule has 1 aliphatic rings. The number of halogens is 1. The van der Waals surface area contributed by atoms with Crippen LogP contribution in [0.5, 0.6) is 0 Å². The number of nitrogens with zero attached hydrogens (tertiary/aromatic N) is 1. The van der Waals surface area contributed by atoms with Crippen LogP contribution in [0.4, 0.5) is 4.39 Å². The molecule has 1 N–H and O–H groups in total. The lowest BCUT2D eigenvalue weighted by Crippen LogP contribution is -2.34. The van der Waals surface area contributed by atoms with E-state index in [-0.39, 0.29) is 24.1 Å². The van der Waals surface area contributed by atoms with Crippen LogP contribution in [0.3, 0.4) is 0 Å². The summed E-state index contributed by atoms with van der Waals surface area (Å²) >= 11 is 0. The Bertz CT molecular complexity index is 525. The Morgan fingerprint density at radius 2 is 2.37 bits per heavy atom. The highest BCUT2D eigenvalue weighted by Gasteiger charge is 2.27. The smallest absolute Gasteiger partial charge is 0.249 e. The van der Waals surface area contributed by atoms with Gasteiger partial charge in [-0.3, -0.25) is 4.79 Å². The predicted octanol–water partition coefficient (Wildman–Crippen LogP) is 1.88. The summed E-state index contributed by atoms with van der Waals surface area (Å²) in [6, 6.07) is 6.06. The molecule has 0 spiro atoms. The molecule has 2 unspecified atom stereocenters. The van der Waals surface area contributed by atoms with Crippen LogP contribution in [0.15, 0.2) is 18.2 Å². The van der Waals surface area contributed by atoms with Crippen LogP contribution in [-0.2, 0) is 16.1 Å². The van der Waals surface area contributed by atoms with Gasteiger partial charge >= 0.3 is 0 Å². The van der Waals surface area contributed by atoms with Gasteiger partial charge in [0, 0.05) is 12.1 Å². The molecule has 1 aromatic rings. The number of nitrogens with one attached hydrogen (secondary N) is 1. The van der Waals surface area contributed by atoms with Gasteiger partial charge in [-0.05, 0) is 31.9 Å². The van der Waals surface area contributed by atoms with Crippen molar-refractivity contribution in [3.63, 3.8) is 0 Å². The second-order valence-corrected chi connectivity index (χ2v) is 4.65. The van der Waals surface area contributed by atoms with Crippen molar-refractivity contribution in [1.29, 1.82) is 5.26 Å². The van der Waals surface area contributed by atoms with Gasteiger partial charge in [-0.2, -0.15) is 5.26 Å². The van der Waals surface area contributed by atoms with Gasteiger partial charge in [-0.25, -0.2) is 4.39 Å². The second-order valence-electron chi connectivity index (χ2n) is 4.65. The van der Waals surface area contributed by atoms with Crippen LogP contribution in [0, 0.1) is 17.1 Å². The molecule has 0 aliphatic carbocycles. The van der Waals surface area contributed by atoms with Crippen molar-refractivity contribution in [2.24, 2.45) is 0 Å². The molecule has 2 rings (SSSR count). The summed E-state index contributed by atoms with van der Waals surface area (Å²) in [4.78, 5) is 11.8. The van der Waals surface area contributed by atoms with E-state index >= 15 is 0 Å². The fraction of sp³-hybridized carbons (Fsp3) is 0.429. The molecule has 4 nitrogen and oxygen atoms in total. The maximum Gasteiger partial charge on any atom is 0.249 e. The SMILES string of the molecule is CC1CCC(C(=O)NCc2ccc(C#N)cc2F)O1. The van der Waals surface area contributed by atoms with Crippen LogP contribution in [0.1, 0.15) is 30.9 Å². The Morgan fingerprint density at radius 3 is 2.95 bits per heavy atom. The number of hydrogen-bond acceptors (Lipinski definition) is 3. The number of benzene rings is 1. The normalized spacial score (nSPS) is 21.9. The molecule has 0 saturated carbocycles. The average molecular weight is 262 g/mol. The lowest BCUT2D eigenvalue weighted by Gasteiger charge is -2.12. The predicted molar refractivity (Wildman–Crippen MR) is 66.5 cm³/mol. The molecule has 1 fully saturated rings. The number of nitriles is 1. The van der Waals surface area contributed by atoms with Crippen molar-refractivity contribution in [2.75, 3.05) is 0 Å². The summed E-state index contributed by atoms with van der Waals surface area (Å²) in [6.07, 6.45) is 1.23. The highest BCUT2D eigenvalue weighted by molar-refractivity contribution is 5.81. The van der Waals surface area contributed by atoms with Crippen LogP contribution in [-0.4, -0.2) is 18.1 Å². The Kier molecular flexibility index (Phi) is 4.13. The summed E-state index contributed by atoms with van der Waals surface area (Å²) in [5.41, 5.74) is 0.624. The van der Waals surface area contributed by atoms with Gasteiger partial charge in [0.15, 0.2) is 0 Å². The Balaban J connectivity index is 1.92. The number of carbonyl (C=O) groups is 1. The number of hydrogen-bond donors (Lipinski definition) is 1. The van der Waals surface area contributed by atoms with E-state index in [1.807, 2.05) is 13.0 Å². The Hall–Kier alpha value is -1.93. The molecule has 19 heavy (non-hydrogen) atoms. The molecule has 5 heteroatoms. The first-order valence-corrected chi connectivity index (χ1v) is 6.22. The standard InChI is InChI=1S/C14H15FN2O2/c1-9-2-5-13(19-9)14(18)17-8-11-4-3-10(7-16)6-12(11)15/h3-4,6,9,13H,2,5,8H2,1H3,(H,17,18). The van der Waals surface area contributed by atoms with Gasteiger partial charge in [-0.1, -0.05) is 6.07 Å². The van der Waals surface area contributed by atoms with Crippen LogP contribution in [0.25, 0.3) is 0 Å². The summed E-state index contributed by atoms with van der Waals surface area (Å²) in [5, 5.41) is 11.3. The van der Waals surface area contributed by atoms with Crippen molar-refractivity contribution < 1.29 is 13.9 Å². The van der Waals surface area contributed by atoms with Gasteiger partial charge in [-0.15, -0.1) is 0 Å². The molecule has 0 radical (unpaired) electrons. The number of rotatable bonds is 3. The molecule has 2 atom stereocenters. The van der Waals surface area contributed by atoms with Crippen molar-refractivity contribution >= 4 is 5.91 Å². The molecule has 1 aromatic carbocycles. The van der Waals surface area contributed by atoms with Gasteiger partial charge < -0.3 is 10.1 Å².